The van der Waals surface area contributed by atoms with Gasteiger partial charge in [-0.1, -0.05) is 39.5 Å². The van der Waals surface area contributed by atoms with Crippen LogP contribution >= 0.6 is 0 Å². The zero-order chi connectivity index (χ0) is 10.5. The molecular weight excluding hydrogens is 156 g/mol. The lowest BCUT2D eigenvalue weighted by molar-refractivity contribution is 0.350. The van der Waals surface area contributed by atoms with Crippen LogP contribution in [0.4, 0.5) is 0 Å². The van der Waals surface area contributed by atoms with E-state index in [1.807, 2.05) is 0 Å². The highest BCUT2D eigenvalue weighted by Crippen LogP contribution is 2.24. The summed E-state index contributed by atoms with van der Waals surface area (Å²) in [7, 11) is 0. The van der Waals surface area contributed by atoms with Crippen molar-refractivity contribution in [1.82, 2.24) is 0 Å². The monoisotopic (exact) mass is 176 g/mol. The van der Waals surface area contributed by atoms with E-state index in [4.69, 9.17) is 0 Å². The van der Waals surface area contributed by atoms with Gasteiger partial charge in [0.2, 0.25) is 0 Å². The van der Waals surface area contributed by atoms with Crippen LogP contribution in [0.3, 0.4) is 0 Å². The molecule has 0 heterocycles. The van der Waals surface area contributed by atoms with Crippen molar-refractivity contribution in [1.29, 1.82) is 0 Å². The summed E-state index contributed by atoms with van der Waals surface area (Å²) in [5.41, 5.74) is 0.0751. The van der Waals surface area contributed by atoms with E-state index in [2.05, 4.69) is 65.2 Å². The molecule has 0 unspecified atom stereocenters. The van der Waals surface area contributed by atoms with Gasteiger partial charge in [-0.3, -0.25) is 0 Å². The van der Waals surface area contributed by atoms with E-state index in [1.54, 1.807) is 0 Å². The molecule has 0 amide bonds. The lowest BCUT2D eigenvalue weighted by atomic mass is 9.82. The van der Waals surface area contributed by atoms with E-state index >= 15 is 0 Å². The Hall–Kier alpha value is -0.880. The molecule has 0 nitrogen and oxygen atoms in total. The number of hydrogen-bond donors (Lipinski definition) is 0. The van der Waals surface area contributed by atoms with Gasteiger partial charge in [0.05, 0.1) is 0 Å². The van der Waals surface area contributed by atoms with Crippen molar-refractivity contribution < 1.29 is 0 Å². The zero-order valence-electron chi connectivity index (χ0n) is 9.65. The molecule has 0 saturated heterocycles. The molecule has 0 aliphatic rings. The molecule has 0 aromatic carbocycles. The standard InChI is InChI=1S/C13H20/c1-11(2)9-7-8-10-13(5,6)12(3)4/h11-12H,1-6H3. The SMILES string of the molecule is CC(C)C#CC#CC(C)(C)C(C)C. The van der Waals surface area contributed by atoms with Gasteiger partial charge in [0.25, 0.3) is 0 Å². The third-order valence-electron chi connectivity index (χ3n) is 2.25. The summed E-state index contributed by atoms with van der Waals surface area (Å²) in [4.78, 5) is 0. The van der Waals surface area contributed by atoms with Crippen LogP contribution in [0.25, 0.3) is 0 Å². The van der Waals surface area contributed by atoms with Gasteiger partial charge in [-0.15, -0.1) is 0 Å². The maximum atomic E-state index is 3.19. The molecule has 0 fully saturated rings. The molecule has 0 radical (unpaired) electrons. The first-order valence-electron chi connectivity index (χ1n) is 4.89. The van der Waals surface area contributed by atoms with Gasteiger partial charge >= 0.3 is 0 Å². The first-order valence-corrected chi connectivity index (χ1v) is 4.89. The van der Waals surface area contributed by atoms with Crippen LogP contribution in [0.1, 0.15) is 41.5 Å². The predicted octanol–water partition coefficient (Wildman–Crippen LogP) is 3.33. The average molecular weight is 176 g/mol. The second kappa shape index (κ2) is 4.98. The van der Waals surface area contributed by atoms with E-state index < -0.39 is 0 Å². The predicted molar refractivity (Wildman–Crippen MR) is 59.0 cm³/mol. The van der Waals surface area contributed by atoms with Crippen molar-refractivity contribution in [2.24, 2.45) is 17.3 Å². The van der Waals surface area contributed by atoms with E-state index in [9.17, 15) is 0 Å². The molecule has 0 N–H and O–H groups in total. The lowest BCUT2D eigenvalue weighted by Gasteiger charge is -2.21. The Balaban J connectivity index is 4.36. The van der Waals surface area contributed by atoms with Crippen LogP contribution in [0.15, 0.2) is 0 Å². The summed E-state index contributed by atoms with van der Waals surface area (Å²) < 4.78 is 0. The molecule has 0 bridgehead atoms. The van der Waals surface area contributed by atoms with Crippen molar-refractivity contribution >= 4 is 0 Å². The Bertz CT molecular complexity index is 258. The van der Waals surface area contributed by atoms with E-state index in [0.29, 0.717) is 11.8 Å². The van der Waals surface area contributed by atoms with Crippen LogP contribution in [0, 0.1) is 40.9 Å². The maximum Gasteiger partial charge on any atom is 0.0291 e. The molecule has 0 aliphatic heterocycles. The zero-order valence-corrected chi connectivity index (χ0v) is 9.65. The Labute approximate surface area is 83.1 Å². The Morgan fingerprint density at radius 1 is 0.923 bits per heavy atom. The van der Waals surface area contributed by atoms with Crippen molar-refractivity contribution in [3.05, 3.63) is 0 Å². The van der Waals surface area contributed by atoms with Gasteiger partial charge in [-0.05, 0) is 31.6 Å². The average Bonchev–Trinajstić information content (AvgIpc) is 1.97. The topological polar surface area (TPSA) is 0 Å². The normalized spacial score (nSPS) is 10.5. The van der Waals surface area contributed by atoms with Gasteiger partial charge in [-0.2, -0.15) is 0 Å². The fraction of sp³-hybridized carbons (Fsp3) is 0.692. The second-order valence-corrected chi connectivity index (χ2v) is 4.55. The highest BCUT2D eigenvalue weighted by molar-refractivity contribution is 5.28. The fourth-order valence-electron chi connectivity index (χ4n) is 0.517. The first kappa shape index (κ1) is 12.1. The molecule has 0 heteroatoms. The summed E-state index contributed by atoms with van der Waals surface area (Å²) in [5.74, 6) is 13.0. The quantitative estimate of drug-likeness (QED) is 0.538. The van der Waals surface area contributed by atoms with Crippen molar-refractivity contribution in [3.63, 3.8) is 0 Å². The van der Waals surface area contributed by atoms with Crippen LogP contribution in [0.2, 0.25) is 0 Å². The molecular formula is C13H20. The van der Waals surface area contributed by atoms with Crippen molar-refractivity contribution in [2.45, 2.75) is 41.5 Å². The van der Waals surface area contributed by atoms with Crippen LogP contribution in [0.5, 0.6) is 0 Å². The van der Waals surface area contributed by atoms with Gasteiger partial charge in [0, 0.05) is 11.3 Å². The van der Waals surface area contributed by atoms with E-state index in [0.717, 1.165) is 0 Å². The Morgan fingerprint density at radius 3 is 1.85 bits per heavy atom. The van der Waals surface area contributed by atoms with Crippen molar-refractivity contribution in [2.75, 3.05) is 0 Å². The summed E-state index contributed by atoms with van der Waals surface area (Å²) >= 11 is 0. The van der Waals surface area contributed by atoms with Crippen LogP contribution in [-0.4, -0.2) is 0 Å². The first-order chi connectivity index (χ1) is 5.86. The molecule has 0 aromatic rings. The molecule has 0 aromatic heterocycles. The molecule has 0 atom stereocenters. The summed E-state index contributed by atoms with van der Waals surface area (Å²) in [6.07, 6.45) is 0. The summed E-state index contributed by atoms with van der Waals surface area (Å²) in [5, 5.41) is 0. The lowest BCUT2D eigenvalue weighted by Crippen LogP contribution is -2.16. The second-order valence-electron chi connectivity index (χ2n) is 4.55. The molecule has 72 valence electrons. The minimum absolute atomic E-state index is 0.0751. The van der Waals surface area contributed by atoms with E-state index in [-0.39, 0.29) is 5.41 Å². The smallest absolute Gasteiger partial charge is 0.0291 e. The van der Waals surface area contributed by atoms with Crippen molar-refractivity contribution in [3.8, 4) is 23.7 Å². The largest absolute Gasteiger partial charge is 0.0863 e. The molecule has 0 saturated carbocycles. The van der Waals surface area contributed by atoms with E-state index in [1.165, 1.54) is 0 Å². The van der Waals surface area contributed by atoms with Crippen LogP contribution in [-0.2, 0) is 0 Å². The Kier molecular flexibility index (Phi) is 4.64. The van der Waals surface area contributed by atoms with Gasteiger partial charge < -0.3 is 0 Å². The van der Waals surface area contributed by atoms with Crippen LogP contribution < -0.4 is 0 Å². The summed E-state index contributed by atoms with van der Waals surface area (Å²) in [6.45, 7) is 12.8. The minimum atomic E-state index is 0.0751. The Morgan fingerprint density at radius 2 is 1.46 bits per heavy atom. The molecule has 0 spiro atoms. The molecule has 13 heavy (non-hydrogen) atoms. The highest BCUT2D eigenvalue weighted by atomic mass is 14.2. The summed E-state index contributed by atoms with van der Waals surface area (Å²) in [6, 6.07) is 0. The molecule has 0 rings (SSSR count). The van der Waals surface area contributed by atoms with Gasteiger partial charge in [-0.25, -0.2) is 0 Å². The fourth-order valence-corrected chi connectivity index (χ4v) is 0.517. The third-order valence-corrected chi connectivity index (χ3v) is 2.25. The maximum absolute atomic E-state index is 3.19. The third kappa shape index (κ3) is 5.37. The number of hydrogen-bond acceptors (Lipinski definition) is 0. The molecule has 0 aliphatic carbocycles. The number of rotatable bonds is 1. The van der Waals surface area contributed by atoms with Gasteiger partial charge in [0.15, 0.2) is 0 Å². The highest BCUT2D eigenvalue weighted by Gasteiger charge is 2.18. The minimum Gasteiger partial charge on any atom is -0.0863 e. The van der Waals surface area contributed by atoms with Gasteiger partial charge in [0.1, 0.15) is 0 Å².